The van der Waals surface area contributed by atoms with Gasteiger partial charge in [0.15, 0.2) is 11.5 Å². The minimum Gasteiger partial charge on any atom is -0.493 e. The quantitative estimate of drug-likeness (QED) is 0.480. The van der Waals surface area contributed by atoms with Crippen LogP contribution in [0.4, 0.5) is 5.95 Å². The Balaban J connectivity index is 1.52. The second-order valence-corrected chi connectivity index (χ2v) is 5.97. The van der Waals surface area contributed by atoms with Gasteiger partial charge in [-0.2, -0.15) is 4.68 Å². The van der Waals surface area contributed by atoms with Crippen LogP contribution in [0, 0.1) is 0 Å². The molecule has 0 unspecified atom stereocenters. The first-order chi connectivity index (χ1) is 14.3. The van der Waals surface area contributed by atoms with Crippen LogP contribution in [0.25, 0.3) is 5.69 Å². The van der Waals surface area contributed by atoms with Crippen LogP contribution in [-0.4, -0.2) is 47.5 Å². The maximum absolute atomic E-state index is 5.91. The highest BCUT2D eigenvalue weighted by atomic mass is 16.5. The van der Waals surface area contributed by atoms with Crippen LogP contribution in [0.1, 0.15) is 12.5 Å². The summed E-state index contributed by atoms with van der Waals surface area (Å²) in [5, 5.41) is 26.4. The first kappa shape index (κ1) is 18.3. The third kappa shape index (κ3) is 3.98. The van der Waals surface area contributed by atoms with Crippen molar-refractivity contribution in [1.29, 1.82) is 0 Å². The molecule has 0 aliphatic heterocycles. The largest absolute Gasteiger partial charge is 0.493 e. The summed E-state index contributed by atoms with van der Waals surface area (Å²) in [6.45, 7) is 3.18. The average Bonchev–Trinajstić information content (AvgIpc) is 3.42. The van der Waals surface area contributed by atoms with Crippen LogP contribution >= 0.6 is 0 Å². The van der Waals surface area contributed by atoms with Crippen LogP contribution in [0.5, 0.6) is 17.5 Å². The van der Waals surface area contributed by atoms with Crippen LogP contribution in [-0.2, 0) is 13.1 Å². The highest BCUT2D eigenvalue weighted by Gasteiger charge is 2.14. The molecule has 0 atom stereocenters. The molecule has 1 N–H and O–H groups in total. The molecule has 0 amide bonds. The standard InChI is InChI=1S/C18H19N9O2/c1-3-26-17(20-22-24-26)19-12-13-9-10-15(16(11-13)28-2)29-18-21-23-25-27(18)14-7-5-4-6-8-14/h4-11H,3,12H2,1-2H3,(H,19,20,24). The van der Waals surface area contributed by atoms with E-state index in [4.69, 9.17) is 9.47 Å². The van der Waals surface area contributed by atoms with E-state index in [2.05, 4.69) is 36.4 Å². The number of tetrazole rings is 2. The smallest absolute Gasteiger partial charge is 0.346 e. The topological polar surface area (TPSA) is 118 Å². The number of benzene rings is 2. The van der Waals surface area contributed by atoms with Crippen molar-refractivity contribution in [3.63, 3.8) is 0 Å². The molecular formula is C18H19N9O2. The molecule has 0 radical (unpaired) electrons. The summed E-state index contributed by atoms with van der Waals surface area (Å²) < 4.78 is 14.6. The summed E-state index contributed by atoms with van der Waals surface area (Å²) >= 11 is 0. The summed E-state index contributed by atoms with van der Waals surface area (Å²) in [5.74, 6) is 1.66. The fourth-order valence-electron chi connectivity index (χ4n) is 2.70. The van der Waals surface area contributed by atoms with Gasteiger partial charge < -0.3 is 14.8 Å². The van der Waals surface area contributed by atoms with Gasteiger partial charge in [0.1, 0.15) is 0 Å². The molecule has 4 aromatic rings. The number of methoxy groups -OCH3 is 1. The number of nitrogens with zero attached hydrogens (tertiary/aromatic N) is 8. The Labute approximate surface area is 166 Å². The molecular weight excluding hydrogens is 374 g/mol. The number of nitrogens with one attached hydrogen (secondary N) is 1. The number of rotatable bonds is 8. The SMILES string of the molecule is CCn1nnnc1NCc1ccc(Oc2nnnn2-c2ccccc2)c(OC)c1. The van der Waals surface area contributed by atoms with E-state index in [9.17, 15) is 0 Å². The summed E-state index contributed by atoms with van der Waals surface area (Å²) in [6.07, 6.45) is 0. The summed E-state index contributed by atoms with van der Waals surface area (Å²) in [5.41, 5.74) is 1.77. The molecule has 0 fully saturated rings. The van der Waals surface area contributed by atoms with Gasteiger partial charge in [0.05, 0.1) is 12.8 Å². The van der Waals surface area contributed by atoms with Gasteiger partial charge in [-0.25, -0.2) is 4.68 Å². The van der Waals surface area contributed by atoms with E-state index >= 15 is 0 Å². The number of anilines is 1. The van der Waals surface area contributed by atoms with Crippen molar-refractivity contribution < 1.29 is 9.47 Å². The molecule has 0 spiro atoms. The fraction of sp³-hybridized carbons (Fsp3) is 0.222. The van der Waals surface area contributed by atoms with Gasteiger partial charge in [-0.05, 0) is 57.6 Å². The van der Waals surface area contributed by atoms with Crippen LogP contribution < -0.4 is 14.8 Å². The Bertz CT molecular complexity index is 1080. The Hall–Kier alpha value is -4.02. The number of ether oxygens (including phenoxy) is 2. The fourth-order valence-corrected chi connectivity index (χ4v) is 2.70. The van der Waals surface area contributed by atoms with E-state index < -0.39 is 0 Å². The first-order valence-electron chi connectivity index (χ1n) is 8.97. The van der Waals surface area contributed by atoms with Gasteiger partial charge in [0, 0.05) is 13.1 Å². The van der Waals surface area contributed by atoms with Gasteiger partial charge in [-0.3, -0.25) is 0 Å². The number of hydrogen-bond acceptors (Lipinski definition) is 9. The molecule has 11 nitrogen and oxygen atoms in total. The minimum atomic E-state index is 0.238. The lowest BCUT2D eigenvalue weighted by molar-refractivity contribution is 0.363. The second-order valence-electron chi connectivity index (χ2n) is 5.97. The van der Waals surface area contributed by atoms with Crippen LogP contribution in [0.2, 0.25) is 0 Å². The van der Waals surface area contributed by atoms with Gasteiger partial charge in [-0.15, -0.1) is 0 Å². The third-order valence-electron chi connectivity index (χ3n) is 4.15. The molecule has 0 aliphatic rings. The van der Waals surface area contributed by atoms with Gasteiger partial charge in [-0.1, -0.05) is 34.5 Å². The molecule has 2 heterocycles. The van der Waals surface area contributed by atoms with Crippen molar-refractivity contribution in [2.24, 2.45) is 0 Å². The molecule has 2 aromatic carbocycles. The maximum atomic E-state index is 5.91. The molecule has 148 valence electrons. The Morgan fingerprint density at radius 2 is 1.79 bits per heavy atom. The van der Waals surface area contributed by atoms with Crippen molar-refractivity contribution in [3.8, 4) is 23.2 Å². The van der Waals surface area contributed by atoms with E-state index in [1.54, 1.807) is 11.8 Å². The van der Waals surface area contributed by atoms with Gasteiger partial charge in [0.25, 0.3) is 0 Å². The van der Waals surface area contributed by atoms with Crippen molar-refractivity contribution in [3.05, 3.63) is 54.1 Å². The molecule has 11 heteroatoms. The van der Waals surface area contributed by atoms with Crippen LogP contribution in [0.15, 0.2) is 48.5 Å². The molecule has 0 saturated heterocycles. The highest BCUT2D eigenvalue weighted by Crippen LogP contribution is 2.32. The predicted octanol–water partition coefficient (Wildman–Crippen LogP) is 2.08. The van der Waals surface area contributed by atoms with E-state index in [1.165, 1.54) is 4.68 Å². The normalized spacial score (nSPS) is 10.7. The Morgan fingerprint density at radius 3 is 2.59 bits per heavy atom. The number of para-hydroxylation sites is 1. The van der Waals surface area contributed by atoms with Crippen molar-refractivity contribution >= 4 is 5.95 Å². The van der Waals surface area contributed by atoms with Crippen molar-refractivity contribution in [1.82, 2.24) is 40.4 Å². The molecule has 0 saturated carbocycles. The van der Waals surface area contributed by atoms with E-state index in [1.807, 2.05) is 55.5 Å². The molecule has 0 aliphatic carbocycles. The van der Waals surface area contributed by atoms with Crippen LogP contribution in [0.3, 0.4) is 0 Å². The molecule has 0 bridgehead atoms. The number of hydrogen-bond donors (Lipinski definition) is 1. The summed E-state index contributed by atoms with van der Waals surface area (Å²) in [4.78, 5) is 0. The van der Waals surface area contributed by atoms with Crippen molar-refractivity contribution in [2.75, 3.05) is 12.4 Å². The zero-order valence-electron chi connectivity index (χ0n) is 15.9. The van der Waals surface area contributed by atoms with E-state index in [0.717, 1.165) is 11.3 Å². The van der Waals surface area contributed by atoms with Crippen molar-refractivity contribution in [2.45, 2.75) is 20.0 Å². The van der Waals surface area contributed by atoms with Gasteiger partial charge >= 0.3 is 6.01 Å². The number of aromatic nitrogens is 8. The summed E-state index contributed by atoms with van der Waals surface area (Å²) in [7, 11) is 1.58. The number of aryl methyl sites for hydroxylation is 1. The maximum Gasteiger partial charge on any atom is 0.346 e. The lowest BCUT2D eigenvalue weighted by Gasteiger charge is -2.12. The highest BCUT2D eigenvalue weighted by molar-refractivity contribution is 5.45. The first-order valence-corrected chi connectivity index (χ1v) is 8.97. The van der Waals surface area contributed by atoms with E-state index in [0.29, 0.717) is 30.5 Å². The van der Waals surface area contributed by atoms with E-state index in [-0.39, 0.29) is 6.01 Å². The summed E-state index contributed by atoms with van der Waals surface area (Å²) in [6, 6.07) is 15.3. The monoisotopic (exact) mass is 393 g/mol. The molecule has 2 aromatic heterocycles. The zero-order chi connectivity index (χ0) is 20.1. The lowest BCUT2D eigenvalue weighted by Crippen LogP contribution is -2.08. The Morgan fingerprint density at radius 1 is 0.966 bits per heavy atom. The molecule has 29 heavy (non-hydrogen) atoms. The average molecular weight is 393 g/mol. The second kappa shape index (κ2) is 8.33. The molecule has 4 rings (SSSR count). The third-order valence-corrected chi connectivity index (χ3v) is 4.15. The zero-order valence-corrected chi connectivity index (χ0v) is 15.9. The lowest BCUT2D eigenvalue weighted by atomic mass is 10.2. The Kier molecular flexibility index (Phi) is 5.27. The minimum absolute atomic E-state index is 0.238. The van der Waals surface area contributed by atoms with Gasteiger partial charge in [0.2, 0.25) is 5.95 Å². The predicted molar refractivity (Wildman–Crippen MR) is 103 cm³/mol.